The third-order valence-electron chi connectivity index (χ3n) is 1.66. The lowest BCUT2D eigenvalue weighted by Crippen LogP contribution is -2.39. The van der Waals surface area contributed by atoms with Crippen molar-refractivity contribution in [3.05, 3.63) is 18.1 Å². The van der Waals surface area contributed by atoms with E-state index in [1.54, 1.807) is 0 Å². The van der Waals surface area contributed by atoms with Gasteiger partial charge in [-0.25, -0.2) is 9.97 Å². The number of anilines is 1. The predicted molar refractivity (Wildman–Crippen MR) is 51.0 cm³/mol. The van der Waals surface area contributed by atoms with Crippen molar-refractivity contribution in [3.8, 4) is 0 Å². The summed E-state index contributed by atoms with van der Waals surface area (Å²) in [6, 6.07) is -1.00. The Labute approximate surface area is 85.3 Å². The van der Waals surface area contributed by atoms with E-state index < -0.39 is 17.9 Å². The number of carboxylic acid groups (broad SMARTS) is 1. The van der Waals surface area contributed by atoms with Crippen molar-refractivity contribution in [2.24, 2.45) is 0 Å². The normalized spacial score (nSPS) is 11.8. The number of carboxylic acids is 1. The fourth-order valence-electron chi connectivity index (χ4n) is 0.850. The molecule has 0 saturated carbocycles. The first kappa shape index (κ1) is 10.9. The van der Waals surface area contributed by atoms with Crippen molar-refractivity contribution in [3.63, 3.8) is 0 Å². The molecule has 80 valence electrons. The average Bonchev–Trinajstić information content (AvgIpc) is 2.18. The van der Waals surface area contributed by atoms with Crippen LogP contribution in [0.15, 0.2) is 12.4 Å². The fraction of sp³-hybridized carbons (Fsp3) is 0.250. The Morgan fingerprint density at radius 1 is 1.47 bits per heavy atom. The summed E-state index contributed by atoms with van der Waals surface area (Å²) >= 11 is 0. The number of carbonyl (C=O) groups is 2. The highest BCUT2D eigenvalue weighted by Gasteiger charge is 2.18. The minimum absolute atomic E-state index is 0.0346. The third kappa shape index (κ3) is 2.63. The number of hydrogen-bond acceptors (Lipinski definition) is 5. The zero-order chi connectivity index (χ0) is 11.4. The minimum atomic E-state index is -1.13. The van der Waals surface area contributed by atoms with Crippen molar-refractivity contribution < 1.29 is 14.7 Å². The smallest absolute Gasteiger partial charge is 0.325 e. The van der Waals surface area contributed by atoms with Crippen LogP contribution < -0.4 is 11.1 Å². The summed E-state index contributed by atoms with van der Waals surface area (Å²) in [6.07, 6.45) is 2.64. The van der Waals surface area contributed by atoms with Gasteiger partial charge in [0.1, 0.15) is 6.04 Å². The number of carbonyl (C=O) groups excluding carboxylic acids is 1. The molecule has 15 heavy (non-hydrogen) atoms. The molecule has 0 aliphatic rings. The van der Waals surface area contributed by atoms with Gasteiger partial charge in [0.15, 0.2) is 11.5 Å². The summed E-state index contributed by atoms with van der Waals surface area (Å²) in [5.41, 5.74) is 5.31. The molecule has 1 aromatic heterocycles. The van der Waals surface area contributed by atoms with Crippen molar-refractivity contribution >= 4 is 17.7 Å². The molecule has 1 heterocycles. The van der Waals surface area contributed by atoms with Crippen LogP contribution in [0.2, 0.25) is 0 Å². The van der Waals surface area contributed by atoms with E-state index in [1.807, 2.05) is 0 Å². The van der Waals surface area contributed by atoms with Crippen LogP contribution in [0.1, 0.15) is 17.4 Å². The van der Waals surface area contributed by atoms with Gasteiger partial charge in [-0.2, -0.15) is 0 Å². The summed E-state index contributed by atoms with van der Waals surface area (Å²) < 4.78 is 0. The average molecular weight is 210 g/mol. The standard InChI is InChI=1S/C8H10N4O3/c1-4(8(14)15)12-7(13)5-6(9)11-3-2-10-5/h2-4H,1H3,(H2,9,11)(H,12,13)(H,14,15)/t4-/m0/s1. The number of nitrogens with one attached hydrogen (secondary N) is 1. The van der Waals surface area contributed by atoms with Gasteiger partial charge < -0.3 is 16.2 Å². The number of aliphatic carboxylic acids is 1. The lowest BCUT2D eigenvalue weighted by atomic mass is 10.3. The van der Waals surface area contributed by atoms with Crippen LogP contribution in [-0.4, -0.2) is 33.0 Å². The Kier molecular flexibility index (Phi) is 3.17. The summed E-state index contributed by atoms with van der Waals surface area (Å²) in [5, 5.41) is 10.8. The molecular formula is C8H10N4O3. The van der Waals surface area contributed by atoms with Crippen LogP contribution in [0.3, 0.4) is 0 Å². The van der Waals surface area contributed by atoms with Gasteiger partial charge in [-0.15, -0.1) is 0 Å². The van der Waals surface area contributed by atoms with Gasteiger partial charge in [-0.3, -0.25) is 9.59 Å². The van der Waals surface area contributed by atoms with Crippen molar-refractivity contribution in [1.82, 2.24) is 15.3 Å². The Morgan fingerprint density at radius 2 is 2.07 bits per heavy atom. The second-order valence-electron chi connectivity index (χ2n) is 2.82. The van der Waals surface area contributed by atoms with Gasteiger partial charge in [0.25, 0.3) is 5.91 Å². The first-order valence-corrected chi connectivity index (χ1v) is 4.12. The van der Waals surface area contributed by atoms with Gasteiger partial charge in [0.2, 0.25) is 0 Å². The summed E-state index contributed by atoms with van der Waals surface area (Å²) in [7, 11) is 0. The molecule has 1 rings (SSSR count). The van der Waals surface area contributed by atoms with E-state index in [0.29, 0.717) is 0 Å². The molecule has 0 radical (unpaired) electrons. The summed E-state index contributed by atoms with van der Waals surface area (Å²) in [6.45, 7) is 1.34. The van der Waals surface area contributed by atoms with Crippen molar-refractivity contribution in [2.45, 2.75) is 13.0 Å². The van der Waals surface area contributed by atoms with E-state index in [4.69, 9.17) is 10.8 Å². The first-order chi connectivity index (χ1) is 7.02. The summed E-state index contributed by atoms with van der Waals surface area (Å²) in [5.74, 6) is -1.83. The molecule has 1 aromatic rings. The molecular weight excluding hydrogens is 200 g/mol. The molecule has 0 saturated heterocycles. The number of nitrogens with two attached hydrogens (primary N) is 1. The van der Waals surface area contributed by atoms with E-state index in [9.17, 15) is 9.59 Å². The number of amides is 1. The highest BCUT2D eigenvalue weighted by Crippen LogP contribution is 2.02. The molecule has 4 N–H and O–H groups in total. The highest BCUT2D eigenvalue weighted by atomic mass is 16.4. The zero-order valence-electron chi connectivity index (χ0n) is 7.97. The van der Waals surface area contributed by atoms with Crippen LogP contribution in [0.25, 0.3) is 0 Å². The first-order valence-electron chi connectivity index (χ1n) is 4.12. The molecule has 0 spiro atoms. The maximum absolute atomic E-state index is 11.4. The predicted octanol–water partition coefficient (Wildman–Crippen LogP) is -0.738. The van der Waals surface area contributed by atoms with E-state index in [0.717, 1.165) is 0 Å². The second-order valence-corrected chi connectivity index (χ2v) is 2.82. The Balaban J connectivity index is 2.78. The van der Waals surface area contributed by atoms with E-state index in [1.165, 1.54) is 19.3 Å². The maximum atomic E-state index is 11.4. The van der Waals surface area contributed by atoms with Crippen LogP contribution in [-0.2, 0) is 4.79 Å². The molecule has 7 heteroatoms. The Bertz CT molecular complexity index is 393. The minimum Gasteiger partial charge on any atom is -0.480 e. The van der Waals surface area contributed by atoms with E-state index >= 15 is 0 Å². The van der Waals surface area contributed by atoms with Crippen molar-refractivity contribution in [1.29, 1.82) is 0 Å². The monoisotopic (exact) mass is 210 g/mol. The molecule has 0 aliphatic carbocycles. The highest BCUT2D eigenvalue weighted by molar-refractivity contribution is 5.98. The Hall–Kier alpha value is -2.18. The molecule has 0 aromatic carbocycles. The van der Waals surface area contributed by atoms with Gasteiger partial charge >= 0.3 is 5.97 Å². The third-order valence-corrected chi connectivity index (χ3v) is 1.66. The molecule has 1 atom stereocenters. The van der Waals surface area contributed by atoms with E-state index in [2.05, 4.69) is 15.3 Å². The van der Waals surface area contributed by atoms with Crippen LogP contribution in [0.4, 0.5) is 5.82 Å². The lowest BCUT2D eigenvalue weighted by Gasteiger charge is -2.08. The molecule has 0 aliphatic heterocycles. The number of aromatic nitrogens is 2. The van der Waals surface area contributed by atoms with Gasteiger partial charge in [-0.1, -0.05) is 0 Å². The quantitative estimate of drug-likeness (QED) is 0.604. The molecule has 0 unspecified atom stereocenters. The van der Waals surface area contributed by atoms with Crippen molar-refractivity contribution in [2.75, 3.05) is 5.73 Å². The number of hydrogen-bond donors (Lipinski definition) is 3. The van der Waals surface area contributed by atoms with Gasteiger partial charge in [-0.05, 0) is 6.92 Å². The molecule has 1 amide bonds. The fourth-order valence-corrected chi connectivity index (χ4v) is 0.850. The number of nitrogens with zero attached hydrogens (tertiary/aromatic N) is 2. The van der Waals surface area contributed by atoms with Crippen LogP contribution in [0.5, 0.6) is 0 Å². The van der Waals surface area contributed by atoms with Gasteiger partial charge in [0, 0.05) is 12.4 Å². The summed E-state index contributed by atoms with van der Waals surface area (Å²) in [4.78, 5) is 29.2. The zero-order valence-corrected chi connectivity index (χ0v) is 7.97. The molecule has 0 bridgehead atoms. The van der Waals surface area contributed by atoms with Gasteiger partial charge in [0.05, 0.1) is 0 Å². The topological polar surface area (TPSA) is 118 Å². The second kappa shape index (κ2) is 4.36. The van der Waals surface area contributed by atoms with Crippen LogP contribution in [0, 0.1) is 0 Å². The number of rotatable bonds is 3. The largest absolute Gasteiger partial charge is 0.480 e. The Morgan fingerprint density at radius 3 is 2.60 bits per heavy atom. The number of nitrogen functional groups attached to an aromatic ring is 1. The molecule has 0 fully saturated rings. The maximum Gasteiger partial charge on any atom is 0.325 e. The SMILES string of the molecule is C[C@H](NC(=O)c1nccnc1N)C(=O)O. The molecule has 7 nitrogen and oxygen atoms in total. The van der Waals surface area contributed by atoms with Crippen LogP contribution >= 0.6 is 0 Å². The lowest BCUT2D eigenvalue weighted by molar-refractivity contribution is -0.138. The van der Waals surface area contributed by atoms with E-state index in [-0.39, 0.29) is 11.5 Å².